The van der Waals surface area contributed by atoms with Gasteiger partial charge in [0.2, 0.25) is 0 Å². The Labute approximate surface area is 127 Å². The first kappa shape index (κ1) is 15.8. The van der Waals surface area contributed by atoms with Gasteiger partial charge in [-0.15, -0.1) is 0 Å². The molecule has 1 fully saturated rings. The molecule has 4 nitrogen and oxygen atoms in total. The molecule has 116 valence electrons. The first-order chi connectivity index (χ1) is 9.99. The molecule has 21 heavy (non-hydrogen) atoms. The zero-order chi connectivity index (χ0) is 15.4. The summed E-state index contributed by atoms with van der Waals surface area (Å²) in [5.41, 5.74) is 3.83. The van der Waals surface area contributed by atoms with Crippen molar-refractivity contribution in [3.8, 4) is 0 Å². The van der Waals surface area contributed by atoms with Crippen molar-refractivity contribution in [3.05, 3.63) is 29.3 Å². The van der Waals surface area contributed by atoms with E-state index in [0.717, 1.165) is 19.5 Å². The Morgan fingerprint density at radius 3 is 2.62 bits per heavy atom. The molecule has 0 bridgehead atoms. The van der Waals surface area contributed by atoms with Crippen LogP contribution in [0, 0.1) is 19.8 Å². The number of likely N-dealkylation sites (N-methyl/N-ethyl adjacent to an activating group) is 1. The number of hydrogen-bond acceptors (Lipinski definition) is 3. The number of hydrogen-bond donors (Lipinski definition) is 2. The van der Waals surface area contributed by atoms with Gasteiger partial charge in [0.15, 0.2) is 0 Å². The van der Waals surface area contributed by atoms with Crippen LogP contribution in [0.5, 0.6) is 0 Å². The Hall–Kier alpha value is -1.55. The van der Waals surface area contributed by atoms with Gasteiger partial charge in [0, 0.05) is 18.8 Å². The van der Waals surface area contributed by atoms with Crippen molar-refractivity contribution < 1.29 is 9.90 Å². The highest BCUT2D eigenvalue weighted by molar-refractivity contribution is 5.73. The van der Waals surface area contributed by atoms with Crippen molar-refractivity contribution >= 4 is 11.7 Å². The van der Waals surface area contributed by atoms with Crippen LogP contribution in [0.4, 0.5) is 5.69 Å². The molecule has 4 heteroatoms. The third-order valence-corrected chi connectivity index (χ3v) is 4.18. The van der Waals surface area contributed by atoms with E-state index in [2.05, 4.69) is 42.3 Å². The van der Waals surface area contributed by atoms with Crippen molar-refractivity contribution in [2.75, 3.05) is 24.5 Å². The lowest BCUT2D eigenvalue weighted by Crippen LogP contribution is -2.38. The van der Waals surface area contributed by atoms with E-state index in [-0.39, 0.29) is 0 Å². The van der Waals surface area contributed by atoms with Crippen molar-refractivity contribution in [1.29, 1.82) is 0 Å². The molecule has 2 N–H and O–H groups in total. The van der Waals surface area contributed by atoms with Crippen molar-refractivity contribution in [1.82, 2.24) is 5.32 Å². The fraction of sp³-hybridized carbons (Fsp3) is 0.588. The Morgan fingerprint density at radius 1 is 1.38 bits per heavy atom. The van der Waals surface area contributed by atoms with E-state index in [1.165, 1.54) is 16.8 Å². The first-order valence-corrected chi connectivity index (χ1v) is 7.79. The summed E-state index contributed by atoms with van der Waals surface area (Å²) in [5, 5.41) is 12.3. The standard InChI is InChI=1S/C17H26N2O2/c1-4-18-16(17(20)21)10-14-5-6-19(11-14)15-8-12(2)7-13(3)9-15/h7-9,14,16,18H,4-6,10-11H2,1-3H3,(H,20,21). The molecule has 2 unspecified atom stereocenters. The topological polar surface area (TPSA) is 52.6 Å². The maximum atomic E-state index is 11.2. The summed E-state index contributed by atoms with van der Waals surface area (Å²) in [6, 6.07) is 6.20. The Balaban J connectivity index is 1.98. The molecule has 0 spiro atoms. The lowest BCUT2D eigenvalue weighted by Gasteiger charge is -2.21. The Bertz CT molecular complexity index is 481. The van der Waals surface area contributed by atoms with Gasteiger partial charge in [-0.3, -0.25) is 4.79 Å². The minimum atomic E-state index is -0.735. The minimum Gasteiger partial charge on any atom is -0.480 e. The van der Waals surface area contributed by atoms with Gasteiger partial charge in [-0.2, -0.15) is 0 Å². The number of rotatable bonds is 6. The van der Waals surface area contributed by atoms with Crippen molar-refractivity contribution in [3.63, 3.8) is 0 Å². The fourth-order valence-corrected chi connectivity index (χ4v) is 3.24. The van der Waals surface area contributed by atoms with Gasteiger partial charge in [-0.05, 0) is 62.4 Å². The lowest BCUT2D eigenvalue weighted by atomic mass is 9.99. The van der Waals surface area contributed by atoms with Gasteiger partial charge in [-0.1, -0.05) is 13.0 Å². The van der Waals surface area contributed by atoms with Crippen LogP contribution >= 0.6 is 0 Å². The van der Waals surface area contributed by atoms with Gasteiger partial charge >= 0.3 is 5.97 Å². The average molecular weight is 290 g/mol. The van der Waals surface area contributed by atoms with Gasteiger partial charge in [-0.25, -0.2) is 0 Å². The van der Waals surface area contributed by atoms with Crippen molar-refractivity contribution in [2.24, 2.45) is 5.92 Å². The monoisotopic (exact) mass is 290 g/mol. The smallest absolute Gasteiger partial charge is 0.320 e. The number of benzene rings is 1. The molecule has 1 aromatic rings. The molecule has 0 radical (unpaired) electrons. The minimum absolute atomic E-state index is 0.417. The normalized spacial score (nSPS) is 19.8. The number of carboxylic acids is 1. The number of aliphatic carboxylic acids is 1. The molecule has 0 aliphatic carbocycles. The highest BCUT2D eigenvalue weighted by atomic mass is 16.4. The number of nitrogens with one attached hydrogen (secondary N) is 1. The maximum absolute atomic E-state index is 11.2. The average Bonchev–Trinajstić information content (AvgIpc) is 2.85. The van der Waals surface area contributed by atoms with E-state index in [9.17, 15) is 9.90 Å². The second kappa shape index (κ2) is 6.94. The maximum Gasteiger partial charge on any atom is 0.320 e. The van der Waals surface area contributed by atoms with Crippen molar-refractivity contribution in [2.45, 2.75) is 39.7 Å². The second-order valence-corrected chi connectivity index (χ2v) is 6.13. The summed E-state index contributed by atoms with van der Waals surface area (Å²) in [5.74, 6) is -0.285. The number of carbonyl (C=O) groups is 1. The molecule has 1 saturated heterocycles. The highest BCUT2D eigenvalue weighted by Crippen LogP contribution is 2.28. The van der Waals surface area contributed by atoms with E-state index >= 15 is 0 Å². The molecular weight excluding hydrogens is 264 g/mol. The van der Waals surface area contributed by atoms with Crippen LogP contribution < -0.4 is 10.2 Å². The second-order valence-electron chi connectivity index (χ2n) is 6.13. The molecule has 0 amide bonds. The molecule has 2 atom stereocenters. The van der Waals surface area contributed by atoms with Crippen LogP contribution in [0.15, 0.2) is 18.2 Å². The molecule has 1 heterocycles. The molecule has 2 rings (SSSR count). The van der Waals surface area contributed by atoms with E-state index in [1.54, 1.807) is 0 Å². The Morgan fingerprint density at radius 2 is 2.05 bits per heavy atom. The fourth-order valence-electron chi connectivity index (χ4n) is 3.24. The summed E-state index contributed by atoms with van der Waals surface area (Å²) < 4.78 is 0. The largest absolute Gasteiger partial charge is 0.480 e. The zero-order valence-electron chi connectivity index (χ0n) is 13.2. The van der Waals surface area contributed by atoms with Gasteiger partial charge < -0.3 is 15.3 Å². The Kier molecular flexibility index (Phi) is 5.23. The molecule has 0 saturated carbocycles. The van der Waals surface area contributed by atoms with Crippen LogP contribution in [0.25, 0.3) is 0 Å². The number of carboxylic acid groups (broad SMARTS) is 1. The van der Waals surface area contributed by atoms with Crippen LogP contribution in [0.1, 0.15) is 30.9 Å². The third kappa shape index (κ3) is 4.21. The van der Waals surface area contributed by atoms with Crippen LogP contribution in [-0.4, -0.2) is 36.8 Å². The quantitative estimate of drug-likeness (QED) is 0.845. The van der Waals surface area contributed by atoms with Crippen LogP contribution in [-0.2, 0) is 4.79 Å². The number of anilines is 1. The number of nitrogens with zero attached hydrogens (tertiary/aromatic N) is 1. The molecule has 1 aliphatic heterocycles. The van der Waals surface area contributed by atoms with E-state index < -0.39 is 12.0 Å². The third-order valence-electron chi connectivity index (χ3n) is 4.18. The zero-order valence-corrected chi connectivity index (χ0v) is 13.2. The van der Waals surface area contributed by atoms with Gasteiger partial charge in [0.1, 0.15) is 6.04 Å². The molecule has 1 aliphatic rings. The van der Waals surface area contributed by atoms with E-state index in [1.807, 2.05) is 6.92 Å². The summed E-state index contributed by atoms with van der Waals surface area (Å²) in [4.78, 5) is 13.6. The van der Waals surface area contributed by atoms with Crippen LogP contribution in [0.3, 0.4) is 0 Å². The summed E-state index contributed by atoms with van der Waals surface area (Å²) >= 11 is 0. The molecular formula is C17H26N2O2. The predicted molar refractivity (Wildman–Crippen MR) is 86.0 cm³/mol. The summed E-state index contributed by atoms with van der Waals surface area (Å²) in [6.07, 6.45) is 1.78. The van der Waals surface area contributed by atoms with Gasteiger partial charge in [0.25, 0.3) is 0 Å². The summed E-state index contributed by atoms with van der Waals surface area (Å²) in [6.45, 7) is 8.87. The van der Waals surface area contributed by atoms with Crippen LogP contribution in [0.2, 0.25) is 0 Å². The summed E-state index contributed by atoms with van der Waals surface area (Å²) in [7, 11) is 0. The highest BCUT2D eigenvalue weighted by Gasteiger charge is 2.28. The molecule has 1 aromatic carbocycles. The van der Waals surface area contributed by atoms with Gasteiger partial charge in [0.05, 0.1) is 0 Å². The first-order valence-electron chi connectivity index (χ1n) is 7.79. The number of aryl methyl sites for hydroxylation is 2. The molecule has 0 aromatic heterocycles. The van der Waals surface area contributed by atoms with E-state index in [0.29, 0.717) is 18.9 Å². The SMILES string of the molecule is CCNC(CC1CCN(c2cc(C)cc(C)c2)C1)C(=O)O. The predicted octanol–water partition coefficient (Wildman–Crippen LogP) is 2.58. The van der Waals surface area contributed by atoms with E-state index in [4.69, 9.17) is 0 Å². The lowest BCUT2D eigenvalue weighted by molar-refractivity contribution is -0.139.